The Balaban J connectivity index is 2.51. The van der Waals surface area contributed by atoms with Gasteiger partial charge in [-0.3, -0.25) is 10.1 Å². The van der Waals surface area contributed by atoms with Gasteiger partial charge in [-0.25, -0.2) is 0 Å². The molecule has 1 unspecified atom stereocenters. The predicted molar refractivity (Wildman–Crippen MR) is 64.2 cm³/mol. The van der Waals surface area contributed by atoms with Crippen LogP contribution in [0.2, 0.25) is 0 Å². The van der Waals surface area contributed by atoms with Crippen molar-refractivity contribution in [3.63, 3.8) is 0 Å². The lowest BCUT2D eigenvalue weighted by Gasteiger charge is -2.28. The van der Waals surface area contributed by atoms with E-state index in [2.05, 4.69) is 11.6 Å². The van der Waals surface area contributed by atoms with Crippen LogP contribution in [0.25, 0.3) is 0 Å². The summed E-state index contributed by atoms with van der Waals surface area (Å²) in [6.07, 6.45) is 5.27. The van der Waals surface area contributed by atoms with Crippen molar-refractivity contribution in [2.45, 2.75) is 44.7 Å². The van der Waals surface area contributed by atoms with Crippen molar-refractivity contribution in [3.8, 4) is 0 Å². The second-order valence-corrected chi connectivity index (χ2v) is 5.20. The number of nitrogens with one attached hydrogen (secondary N) is 1. The van der Waals surface area contributed by atoms with Gasteiger partial charge in [0.1, 0.15) is 5.54 Å². The lowest BCUT2D eigenvalue weighted by atomic mass is 9.99. The molecule has 1 aliphatic carbocycles. The predicted octanol–water partition coefficient (Wildman–Crippen LogP) is 1.81. The highest BCUT2D eigenvalue weighted by Crippen LogP contribution is 2.25. The molecule has 1 aliphatic rings. The van der Waals surface area contributed by atoms with Crippen LogP contribution in [0, 0.1) is 0 Å². The second-order valence-electron chi connectivity index (χ2n) is 4.21. The molecule has 0 spiro atoms. The Bertz CT molecular complexity index is 219. The van der Waals surface area contributed by atoms with Gasteiger partial charge < -0.3 is 4.74 Å². The molecule has 4 heteroatoms. The van der Waals surface area contributed by atoms with Gasteiger partial charge >= 0.3 is 5.97 Å². The fourth-order valence-corrected chi connectivity index (χ4v) is 2.12. The first-order valence-corrected chi connectivity index (χ1v) is 6.95. The summed E-state index contributed by atoms with van der Waals surface area (Å²) in [4.78, 5) is 11.8. The van der Waals surface area contributed by atoms with Gasteiger partial charge in [-0.15, -0.1) is 0 Å². The molecule has 88 valence electrons. The molecule has 0 amide bonds. The number of thioether (sulfide) groups is 1. The van der Waals surface area contributed by atoms with E-state index in [9.17, 15) is 4.79 Å². The van der Waals surface area contributed by atoms with E-state index < -0.39 is 5.54 Å². The molecule has 1 rings (SSSR count). The molecular weight excluding hydrogens is 210 g/mol. The van der Waals surface area contributed by atoms with Gasteiger partial charge in [-0.1, -0.05) is 0 Å². The van der Waals surface area contributed by atoms with Crippen molar-refractivity contribution in [1.29, 1.82) is 0 Å². The molecule has 0 aromatic rings. The Morgan fingerprint density at radius 1 is 1.60 bits per heavy atom. The zero-order valence-corrected chi connectivity index (χ0v) is 10.7. The quantitative estimate of drug-likeness (QED) is 0.678. The Morgan fingerprint density at radius 3 is 2.73 bits per heavy atom. The average Bonchev–Trinajstić information content (AvgIpc) is 2.99. The number of esters is 1. The Labute approximate surface area is 96.3 Å². The van der Waals surface area contributed by atoms with Crippen molar-refractivity contribution in [2.75, 3.05) is 18.6 Å². The monoisotopic (exact) mass is 231 g/mol. The summed E-state index contributed by atoms with van der Waals surface area (Å²) < 4.78 is 5.12. The van der Waals surface area contributed by atoms with Gasteiger partial charge in [0.2, 0.25) is 0 Å². The average molecular weight is 231 g/mol. The maximum atomic E-state index is 11.8. The zero-order valence-electron chi connectivity index (χ0n) is 9.84. The van der Waals surface area contributed by atoms with Crippen LogP contribution in [-0.2, 0) is 9.53 Å². The minimum atomic E-state index is -0.486. The maximum absolute atomic E-state index is 11.8. The molecular formula is C11H21NO2S. The molecule has 0 aromatic heterocycles. The third-order valence-electron chi connectivity index (χ3n) is 2.63. The molecule has 1 atom stereocenters. The fourth-order valence-electron chi connectivity index (χ4n) is 1.51. The normalized spacial score (nSPS) is 19.7. The molecule has 1 saturated carbocycles. The number of carbonyl (C=O) groups excluding carboxylic acids is 1. The smallest absolute Gasteiger partial charge is 0.326 e. The van der Waals surface area contributed by atoms with E-state index in [1.165, 1.54) is 12.8 Å². The van der Waals surface area contributed by atoms with Crippen LogP contribution in [0.5, 0.6) is 0 Å². The molecule has 0 saturated heterocycles. The van der Waals surface area contributed by atoms with Crippen molar-refractivity contribution >= 4 is 17.7 Å². The highest BCUT2D eigenvalue weighted by Gasteiger charge is 2.38. The van der Waals surface area contributed by atoms with E-state index in [1.807, 2.05) is 13.8 Å². The summed E-state index contributed by atoms with van der Waals surface area (Å²) in [7, 11) is 0. The van der Waals surface area contributed by atoms with Crippen LogP contribution in [0.3, 0.4) is 0 Å². The summed E-state index contributed by atoms with van der Waals surface area (Å²) in [5.41, 5.74) is -0.486. The summed E-state index contributed by atoms with van der Waals surface area (Å²) >= 11 is 1.76. The minimum absolute atomic E-state index is 0.106. The van der Waals surface area contributed by atoms with Gasteiger partial charge in [0, 0.05) is 6.04 Å². The fraction of sp³-hybridized carbons (Fsp3) is 0.909. The van der Waals surface area contributed by atoms with Crippen molar-refractivity contribution in [2.24, 2.45) is 0 Å². The highest BCUT2D eigenvalue weighted by molar-refractivity contribution is 7.98. The summed E-state index contributed by atoms with van der Waals surface area (Å²) in [5, 5.41) is 3.40. The standard InChI is InChI=1S/C11H21NO2S/c1-4-14-10(13)11(2,7-8-15-3)12-9-5-6-9/h9,12H,4-8H2,1-3H3. The number of rotatable bonds is 7. The maximum Gasteiger partial charge on any atom is 0.326 e. The third kappa shape index (κ3) is 4.03. The molecule has 0 aromatic carbocycles. The van der Waals surface area contributed by atoms with Crippen molar-refractivity contribution in [3.05, 3.63) is 0 Å². The van der Waals surface area contributed by atoms with Crippen LogP contribution in [-0.4, -0.2) is 36.2 Å². The molecule has 15 heavy (non-hydrogen) atoms. The lowest BCUT2D eigenvalue weighted by molar-refractivity contribution is -0.150. The van der Waals surface area contributed by atoms with Crippen LogP contribution in [0.4, 0.5) is 0 Å². The summed E-state index contributed by atoms with van der Waals surface area (Å²) in [5.74, 6) is 0.876. The van der Waals surface area contributed by atoms with Gasteiger partial charge in [0.25, 0.3) is 0 Å². The molecule has 0 heterocycles. The Hall–Kier alpha value is -0.220. The molecule has 0 aliphatic heterocycles. The van der Waals surface area contributed by atoms with Gasteiger partial charge in [-0.05, 0) is 45.1 Å². The van der Waals surface area contributed by atoms with E-state index in [-0.39, 0.29) is 5.97 Å². The van der Waals surface area contributed by atoms with E-state index in [0.717, 1.165) is 12.2 Å². The molecule has 1 fully saturated rings. The van der Waals surface area contributed by atoms with Crippen LogP contribution >= 0.6 is 11.8 Å². The first-order chi connectivity index (χ1) is 7.12. The number of ether oxygens (including phenoxy) is 1. The Morgan fingerprint density at radius 2 is 2.27 bits per heavy atom. The molecule has 3 nitrogen and oxygen atoms in total. The molecule has 0 radical (unpaired) electrons. The van der Waals surface area contributed by atoms with Crippen molar-refractivity contribution in [1.82, 2.24) is 5.32 Å². The van der Waals surface area contributed by atoms with E-state index in [1.54, 1.807) is 11.8 Å². The second kappa shape index (κ2) is 5.75. The number of carbonyl (C=O) groups is 1. The van der Waals surface area contributed by atoms with Crippen LogP contribution in [0.15, 0.2) is 0 Å². The van der Waals surface area contributed by atoms with Gasteiger partial charge in [0.15, 0.2) is 0 Å². The SMILES string of the molecule is CCOC(=O)C(C)(CCSC)NC1CC1. The van der Waals surface area contributed by atoms with Crippen molar-refractivity contribution < 1.29 is 9.53 Å². The minimum Gasteiger partial charge on any atom is -0.465 e. The van der Waals surface area contributed by atoms with E-state index in [4.69, 9.17) is 4.74 Å². The van der Waals surface area contributed by atoms with Crippen LogP contribution in [0.1, 0.15) is 33.1 Å². The highest BCUT2D eigenvalue weighted by atomic mass is 32.2. The van der Waals surface area contributed by atoms with Gasteiger partial charge in [-0.2, -0.15) is 11.8 Å². The lowest BCUT2D eigenvalue weighted by Crippen LogP contribution is -2.51. The summed E-state index contributed by atoms with van der Waals surface area (Å²) in [6.45, 7) is 4.27. The first kappa shape index (κ1) is 12.8. The van der Waals surface area contributed by atoms with E-state index in [0.29, 0.717) is 12.6 Å². The van der Waals surface area contributed by atoms with E-state index >= 15 is 0 Å². The Kier molecular flexibility index (Phi) is 4.93. The molecule has 1 N–H and O–H groups in total. The molecule has 0 bridgehead atoms. The van der Waals surface area contributed by atoms with Gasteiger partial charge in [0.05, 0.1) is 6.61 Å². The number of hydrogen-bond donors (Lipinski definition) is 1. The van der Waals surface area contributed by atoms with Crippen LogP contribution < -0.4 is 5.32 Å². The summed E-state index contributed by atoms with van der Waals surface area (Å²) in [6, 6.07) is 0.529. The largest absolute Gasteiger partial charge is 0.465 e. The topological polar surface area (TPSA) is 38.3 Å². The zero-order chi connectivity index (χ0) is 11.3. The third-order valence-corrected chi connectivity index (χ3v) is 3.24. The first-order valence-electron chi connectivity index (χ1n) is 5.56. The number of hydrogen-bond acceptors (Lipinski definition) is 4.